The van der Waals surface area contributed by atoms with Crippen molar-refractivity contribution in [2.75, 3.05) is 7.11 Å². The molecule has 0 radical (unpaired) electrons. The second-order valence-electron chi connectivity index (χ2n) is 5.97. The average Bonchev–Trinajstić information content (AvgIpc) is 2.68. The van der Waals surface area contributed by atoms with Crippen LogP contribution in [0, 0.1) is 5.82 Å². The average molecular weight is 370 g/mol. The number of ether oxygens (including phenoxy) is 2. The van der Waals surface area contributed by atoms with Crippen LogP contribution in [0.3, 0.4) is 0 Å². The van der Waals surface area contributed by atoms with Crippen LogP contribution in [0.1, 0.15) is 29.4 Å². The number of hydrogen-bond donors (Lipinski definition) is 0. The van der Waals surface area contributed by atoms with Gasteiger partial charge in [-0.2, -0.15) is 5.10 Å². The minimum atomic E-state index is -0.674. The molecule has 0 aliphatic carbocycles. The summed E-state index contributed by atoms with van der Waals surface area (Å²) in [6.45, 7) is 2.19. The molecule has 2 aromatic carbocycles. The lowest BCUT2D eigenvalue weighted by Gasteiger charge is -2.11. The number of hydrogen-bond acceptors (Lipinski definition) is 5. The predicted octanol–water partition coefficient (Wildman–Crippen LogP) is 3.31. The van der Waals surface area contributed by atoms with E-state index in [-0.39, 0.29) is 23.6 Å². The molecule has 27 heavy (non-hydrogen) atoms. The Hall–Kier alpha value is -3.22. The van der Waals surface area contributed by atoms with Crippen molar-refractivity contribution in [1.29, 1.82) is 0 Å². The smallest absolute Gasteiger partial charge is 0.359 e. The number of methoxy groups -OCH3 is 1. The molecule has 3 aromatic rings. The highest BCUT2D eigenvalue weighted by Gasteiger charge is 2.18. The number of carbonyl (C=O) groups is 1. The van der Waals surface area contributed by atoms with Crippen LogP contribution in [0.4, 0.5) is 4.39 Å². The molecule has 0 spiro atoms. The van der Waals surface area contributed by atoms with E-state index in [0.29, 0.717) is 29.3 Å². The molecular formula is C20H19FN2O4. The van der Waals surface area contributed by atoms with Gasteiger partial charge < -0.3 is 9.47 Å². The minimum absolute atomic E-state index is 0.0626. The highest BCUT2D eigenvalue weighted by atomic mass is 19.1. The third-order valence-corrected chi connectivity index (χ3v) is 4.08. The predicted molar refractivity (Wildman–Crippen MR) is 98.4 cm³/mol. The molecule has 0 N–H and O–H groups in total. The summed E-state index contributed by atoms with van der Waals surface area (Å²) in [6, 6.07) is 11.1. The van der Waals surface area contributed by atoms with Gasteiger partial charge in [0.25, 0.3) is 5.56 Å². The molecule has 0 aliphatic rings. The Labute approximate surface area is 155 Å². The van der Waals surface area contributed by atoms with Crippen LogP contribution < -0.4 is 10.3 Å². The fraction of sp³-hybridized carbons (Fsp3) is 0.250. The van der Waals surface area contributed by atoms with Crippen molar-refractivity contribution in [3.8, 4) is 5.75 Å². The first-order valence-electron chi connectivity index (χ1n) is 8.54. The van der Waals surface area contributed by atoms with Crippen molar-refractivity contribution >= 4 is 16.7 Å². The summed E-state index contributed by atoms with van der Waals surface area (Å²) in [5.74, 6) is -1.09. The molecule has 6 nitrogen and oxygen atoms in total. The normalized spacial score (nSPS) is 10.8. The molecule has 0 fully saturated rings. The van der Waals surface area contributed by atoms with Crippen LogP contribution in [0.15, 0.2) is 47.3 Å². The highest BCUT2D eigenvalue weighted by Crippen LogP contribution is 2.19. The molecule has 3 rings (SSSR count). The van der Waals surface area contributed by atoms with Gasteiger partial charge in [-0.15, -0.1) is 0 Å². The molecule has 1 aromatic heterocycles. The van der Waals surface area contributed by atoms with E-state index in [1.54, 1.807) is 30.3 Å². The monoisotopic (exact) mass is 370 g/mol. The molecule has 1 heterocycles. The number of esters is 1. The Kier molecular flexibility index (Phi) is 5.49. The van der Waals surface area contributed by atoms with Crippen molar-refractivity contribution < 1.29 is 18.7 Å². The maximum Gasteiger partial charge on any atom is 0.359 e. The fourth-order valence-electron chi connectivity index (χ4n) is 2.77. The Balaban J connectivity index is 1.90. The van der Waals surface area contributed by atoms with E-state index in [1.165, 1.54) is 23.9 Å². The first kappa shape index (κ1) is 18.6. The largest absolute Gasteiger partial charge is 0.494 e. The van der Waals surface area contributed by atoms with Gasteiger partial charge in [0, 0.05) is 11.9 Å². The van der Waals surface area contributed by atoms with Gasteiger partial charge in [0.1, 0.15) is 6.61 Å². The Bertz CT molecular complexity index is 1050. The first-order chi connectivity index (χ1) is 13.0. The van der Waals surface area contributed by atoms with E-state index in [0.717, 1.165) is 0 Å². The van der Waals surface area contributed by atoms with E-state index in [1.807, 2.05) is 6.92 Å². The molecule has 0 saturated heterocycles. The Morgan fingerprint density at radius 1 is 1.19 bits per heavy atom. The summed E-state index contributed by atoms with van der Waals surface area (Å²) < 4.78 is 25.2. The van der Waals surface area contributed by atoms with Crippen LogP contribution >= 0.6 is 0 Å². The Morgan fingerprint density at radius 2 is 1.93 bits per heavy atom. The lowest BCUT2D eigenvalue weighted by Crippen LogP contribution is -2.26. The molecule has 0 amide bonds. The maximum absolute atomic E-state index is 13.8. The standard InChI is InChI=1S/C20H19FN2O4/c1-3-10-23-19(24)15-7-5-4-6-14(15)18(22-23)20(25)27-12-13-8-9-17(26-2)16(21)11-13/h4-9,11H,3,10,12H2,1-2H3. The molecule has 7 heteroatoms. The van der Waals surface area contributed by atoms with Crippen LogP contribution in [-0.2, 0) is 17.9 Å². The van der Waals surface area contributed by atoms with Gasteiger partial charge in [-0.25, -0.2) is 13.9 Å². The number of halogens is 1. The third kappa shape index (κ3) is 3.81. The molecule has 0 bridgehead atoms. The number of fused-ring (bicyclic) bond motifs is 1. The first-order valence-corrected chi connectivity index (χ1v) is 8.54. The molecule has 0 atom stereocenters. The van der Waals surface area contributed by atoms with E-state index >= 15 is 0 Å². The summed E-state index contributed by atoms with van der Waals surface area (Å²) in [5, 5.41) is 5.02. The topological polar surface area (TPSA) is 70.4 Å². The zero-order valence-corrected chi connectivity index (χ0v) is 15.1. The van der Waals surface area contributed by atoms with E-state index in [2.05, 4.69) is 5.10 Å². The maximum atomic E-state index is 13.8. The Morgan fingerprint density at radius 3 is 2.59 bits per heavy atom. The fourth-order valence-corrected chi connectivity index (χ4v) is 2.77. The minimum Gasteiger partial charge on any atom is -0.494 e. The highest BCUT2D eigenvalue weighted by molar-refractivity contribution is 6.02. The number of aromatic nitrogens is 2. The molecule has 0 aliphatic heterocycles. The van der Waals surface area contributed by atoms with E-state index in [4.69, 9.17) is 9.47 Å². The van der Waals surface area contributed by atoms with Crippen molar-refractivity contribution in [2.24, 2.45) is 0 Å². The van der Waals surface area contributed by atoms with Crippen LogP contribution in [0.5, 0.6) is 5.75 Å². The molecular weight excluding hydrogens is 351 g/mol. The summed E-state index contributed by atoms with van der Waals surface area (Å²) in [5.41, 5.74) is 0.293. The van der Waals surface area contributed by atoms with Gasteiger partial charge in [-0.1, -0.05) is 31.2 Å². The number of rotatable bonds is 6. The van der Waals surface area contributed by atoms with Crippen LogP contribution in [0.25, 0.3) is 10.8 Å². The van der Waals surface area contributed by atoms with Crippen molar-refractivity contribution in [3.05, 3.63) is 69.9 Å². The number of aryl methyl sites for hydroxylation is 1. The summed E-state index contributed by atoms with van der Waals surface area (Å²) in [4.78, 5) is 25.1. The van der Waals surface area contributed by atoms with E-state index < -0.39 is 11.8 Å². The zero-order valence-electron chi connectivity index (χ0n) is 15.1. The quantitative estimate of drug-likeness (QED) is 0.623. The van der Waals surface area contributed by atoms with Gasteiger partial charge in [0.05, 0.1) is 12.5 Å². The molecule has 0 saturated carbocycles. The van der Waals surface area contributed by atoms with Crippen LogP contribution in [-0.4, -0.2) is 22.9 Å². The second-order valence-corrected chi connectivity index (χ2v) is 5.97. The third-order valence-electron chi connectivity index (χ3n) is 4.08. The van der Waals surface area contributed by atoms with Crippen molar-refractivity contribution in [2.45, 2.75) is 26.5 Å². The number of carbonyl (C=O) groups excluding carboxylic acids is 1. The van der Waals surface area contributed by atoms with Gasteiger partial charge in [-0.05, 0) is 30.2 Å². The zero-order chi connectivity index (χ0) is 19.4. The van der Waals surface area contributed by atoms with Gasteiger partial charge >= 0.3 is 5.97 Å². The number of nitrogens with zero attached hydrogens (tertiary/aromatic N) is 2. The SMILES string of the molecule is CCCn1nc(C(=O)OCc2ccc(OC)c(F)c2)c2ccccc2c1=O. The molecule has 140 valence electrons. The lowest BCUT2D eigenvalue weighted by atomic mass is 10.1. The number of benzene rings is 2. The lowest BCUT2D eigenvalue weighted by molar-refractivity contribution is 0.0465. The van der Waals surface area contributed by atoms with Crippen LogP contribution in [0.2, 0.25) is 0 Å². The van der Waals surface area contributed by atoms with Gasteiger partial charge in [-0.3, -0.25) is 4.79 Å². The summed E-state index contributed by atoms with van der Waals surface area (Å²) in [7, 11) is 1.38. The van der Waals surface area contributed by atoms with Crippen molar-refractivity contribution in [3.63, 3.8) is 0 Å². The molecule has 0 unspecified atom stereocenters. The van der Waals surface area contributed by atoms with Gasteiger partial charge in [0.15, 0.2) is 17.3 Å². The summed E-state index contributed by atoms with van der Waals surface area (Å²) in [6.07, 6.45) is 0.699. The van der Waals surface area contributed by atoms with Gasteiger partial charge in [0.2, 0.25) is 0 Å². The summed E-state index contributed by atoms with van der Waals surface area (Å²) >= 11 is 0. The van der Waals surface area contributed by atoms with Crippen molar-refractivity contribution in [1.82, 2.24) is 9.78 Å². The second kappa shape index (κ2) is 7.99. The van der Waals surface area contributed by atoms with E-state index in [9.17, 15) is 14.0 Å².